The molecule has 3 fully saturated rings. The number of rotatable bonds is 9. The fourth-order valence-corrected chi connectivity index (χ4v) is 6.39. The third-order valence-electron chi connectivity index (χ3n) is 8.71. The van der Waals surface area contributed by atoms with Crippen molar-refractivity contribution in [2.75, 3.05) is 74.8 Å². The smallest absolute Gasteiger partial charge is 0.164 e. The van der Waals surface area contributed by atoms with E-state index in [1.165, 1.54) is 17.5 Å². The van der Waals surface area contributed by atoms with Crippen molar-refractivity contribution in [3.05, 3.63) is 78.6 Å². The summed E-state index contributed by atoms with van der Waals surface area (Å²) < 4.78 is 34.3. The Morgan fingerprint density at radius 1 is 1.02 bits per heavy atom. The number of ether oxygens (including phenoxy) is 1. The lowest BCUT2D eigenvalue weighted by Crippen LogP contribution is -2.53. The van der Waals surface area contributed by atoms with Crippen LogP contribution in [0.25, 0.3) is 0 Å². The third kappa shape index (κ3) is 6.43. The highest BCUT2D eigenvalue weighted by atomic mass is 19.2. The second kappa shape index (κ2) is 13.2. The van der Waals surface area contributed by atoms with Crippen LogP contribution in [0.2, 0.25) is 0 Å². The molecule has 4 heterocycles. The predicted octanol–water partition coefficient (Wildman–Crippen LogP) is 5.16. The molecule has 11 heteroatoms. The van der Waals surface area contributed by atoms with Crippen molar-refractivity contribution < 1.29 is 18.4 Å². The minimum Gasteiger partial charge on any atom is -0.494 e. The Balaban J connectivity index is 1.10. The summed E-state index contributed by atoms with van der Waals surface area (Å²) in [4.78, 5) is 22.1. The normalized spacial score (nSPS) is 20.4. The predicted molar refractivity (Wildman–Crippen MR) is 164 cm³/mol. The zero-order valence-corrected chi connectivity index (χ0v) is 24.6. The van der Waals surface area contributed by atoms with Gasteiger partial charge in [-0.25, -0.2) is 23.8 Å². The molecule has 1 atom stereocenters. The van der Waals surface area contributed by atoms with Gasteiger partial charge in [0.25, 0.3) is 0 Å². The molecule has 1 aromatic heterocycles. The van der Waals surface area contributed by atoms with Crippen molar-refractivity contribution in [3.63, 3.8) is 0 Å². The number of nitrogens with zero attached hydrogens (tertiary/aromatic N) is 6. The van der Waals surface area contributed by atoms with Gasteiger partial charge in [-0.05, 0) is 31.0 Å². The molecule has 0 bridgehead atoms. The molecule has 0 unspecified atom stereocenters. The van der Waals surface area contributed by atoms with Gasteiger partial charge in [0.05, 0.1) is 25.4 Å². The van der Waals surface area contributed by atoms with Crippen LogP contribution in [0.4, 0.5) is 31.8 Å². The second-order valence-electron chi connectivity index (χ2n) is 11.2. The fourth-order valence-electron chi connectivity index (χ4n) is 6.39. The van der Waals surface area contributed by atoms with E-state index in [1.54, 1.807) is 19.2 Å². The Morgan fingerprint density at radius 2 is 1.84 bits per heavy atom. The van der Waals surface area contributed by atoms with Crippen molar-refractivity contribution in [3.8, 4) is 5.75 Å². The van der Waals surface area contributed by atoms with Crippen LogP contribution in [0.1, 0.15) is 30.9 Å². The van der Waals surface area contributed by atoms with E-state index in [2.05, 4.69) is 48.7 Å². The highest BCUT2D eigenvalue weighted by Gasteiger charge is 2.32. The fraction of sp³-hybridized carbons (Fsp3) is 0.438. The van der Waals surface area contributed by atoms with Crippen LogP contribution in [0.15, 0.2) is 61.4 Å². The molecule has 0 aliphatic carbocycles. The summed E-state index contributed by atoms with van der Waals surface area (Å²) in [5.74, 6) is -0.0719. The Labute approximate surface area is 251 Å². The highest BCUT2D eigenvalue weighted by molar-refractivity contribution is 5.70. The number of benzene rings is 2. The number of methoxy groups -OCH3 is 1. The third-order valence-corrected chi connectivity index (χ3v) is 8.71. The monoisotopic (exact) mass is 591 g/mol. The number of nitrogens with one attached hydrogen (secondary N) is 1. The minimum absolute atomic E-state index is 0.234. The summed E-state index contributed by atoms with van der Waals surface area (Å²) in [7, 11) is 1.66. The van der Waals surface area contributed by atoms with Crippen LogP contribution in [0, 0.1) is 11.6 Å². The van der Waals surface area contributed by atoms with Crippen LogP contribution >= 0.6 is 0 Å². The standard InChI is InChI=1S/C32H39F2N7O2/c1-3-12-38-15-17-40(18-16-38)23-9-13-39(14-10-23)24-7-8-27(29(20-24)42-2)37-30-21-31(36-22-35-30)41-28(11-19-43-41)25-5-4-6-26(33)32(25)34/h3-8,20-23,28H,1,9-19H2,2H3,(H,35,36,37)/t28-/m1/s1. The van der Waals surface area contributed by atoms with E-state index >= 15 is 0 Å². The van der Waals surface area contributed by atoms with Crippen molar-refractivity contribution in [1.82, 2.24) is 19.8 Å². The lowest BCUT2D eigenvalue weighted by atomic mass is 10.0. The maximum atomic E-state index is 14.6. The summed E-state index contributed by atoms with van der Waals surface area (Å²) >= 11 is 0. The number of halogens is 2. The van der Waals surface area contributed by atoms with Crippen molar-refractivity contribution >= 4 is 23.0 Å². The number of anilines is 4. The first-order chi connectivity index (χ1) is 21.0. The molecule has 3 aliphatic rings. The Hall–Kier alpha value is -3.80. The van der Waals surface area contributed by atoms with Crippen LogP contribution in [-0.4, -0.2) is 85.3 Å². The molecule has 0 amide bonds. The average Bonchev–Trinajstić information content (AvgIpc) is 3.53. The molecule has 9 nitrogen and oxygen atoms in total. The van der Waals surface area contributed by atoms with Gasteiger partial charge < -0.3 is 15.0 Å². The molecule has 2 aromatic carbocycles. The van der Waals surface area contributed by atoms with Gasteiger partial charge in [-0.1, -0.05) is 18.2 Å². The SMILES string of the molecule is C=CCN1CCN(C2CCN(c3ccc(Nc4cc(N5OCC[C@@H]5c5cccc(F)c5F)ncn4)c(OC)c3)CC2)CC1. The number of aromatic nitrogens is 2. The van der Waals surface area contributed by atoms with Gasteiger partial charge in [0.15, 0.2) is 17.5 Å². The number of piperidine rings is 1. The minimum atomic E-state index is -0.882. The van der Waals surface area contributed by atoms with Gasteiger partial charge in [0.2, 0.25) is 0 Å². The Bertz CT molecular complexity index is 1410. The zero-order chi connectivity index (χ0) is 29.8. The quantitative estimate of drug-likeness (QED) is 0.340. The first kappa shape index (κ1) is 29.3. The number of hydroxylamine groups is 1. The van der Waals surface area contributed by atoms with E-state index in [0.717, 1.165) is 76.1 Å². The Morgan fingerprint density at radius 3 is 2.60 bits per heavy atom. The van der Waals surface area contributed by atoms with Crippen molar-refractivity contribution in [1.29, 1.82) is 0 Å². The summed E-state index contributed by atoms with van der Waals surface area (Å²) in [6, 6.07) is 12.2. The van der Waals surface area contributed by atoms with Gasteiger partial charge >= 0.3 is 0 Å². The molecule has 0 radical (unpaired) electrons. The number of piperazine rings is 1. The van der Waals surface area contributed by atoms with E-state index in [1.807, 2.05) is 12.1 Å². The zero-order valence-electron chi connectivity index (χ0n) is 24.6. The van der Waals surface area contributed by atoms with Crippen LogP contribution < -0.4 is 20.0 Å². The summed E-state index contributed by atoms with van der Waals surface area (Å²) in [5, 5.41) is 4.85. The van der Waals surface area contributed by atoms with E-state index in [9.17, 15) is 8.78 Å². The van der Waals surface area contributed by atoms with Gasteiger partial charge in [0, 0.05) is 81.7 Å². The molecule has 0 spiro atoms. The summed E-state index contributed by atoms with van der Waals surface area (Å²) in [6.07, 6.45) is 6.21. The van der Waals surface area contributed by atoms with E-state index in [0.29, 0.717) is 36.5 Å². The van der Waals surface area contributed by atoms with Gasteiger partial charge in [0.1, 0.15) is 17.9 Å². The highest BCUT2D eigenvalue weighted by Crippen LogP contribution is 2.37. The van der Waals surface area contributed by atoms with Crippen LogP contribution in [0.3, 0.4) is 0 Å². The molecule has 1 N–H and O–H groups in total. The molecule has 3 saturated heterocycles. The maximum Gasteiger partial charge on any atom is 0.164 e. The van der Waals surface area contributed by atoms with E-state index in [-0.39, 0.29) is 5.56 Å². The molecule has 228 valence electrons. The maximum absolute atomic E-state index is 14.6. The Kier molecular flexibility index (Phi) is 9.01. The van der Waals surface area contributed by atoms with Gasteiger partial charge in [-0.3, -0.25) is 14.6 Å². The largest absolute Gasteiger partial charge is 0.494 e. The molecule has 6 rings (SSSR count). The number of hydrogen-bond donors (Lipinski definition) is 1. The second-order valence-corrected chi connectivity index (χ2v) is 11.2. The van der Waals surface area contributed by atoms with Crippen LogP contribution in [0.5, 0.6) is 5.75 Å². The lowest BCUT2D eigenvalue weighted by Gasteiger charge is -2.43. The molecular formula is C32H39F2N7O2. The molecule has 3 aliphatic heterocycles. The summed E-state index contributed by atoms with van der Waals surface area (Å²) in [6.45, 7) is 11.7. The van der Waals surface area contributed by atoms with E-state index < -0.39 is 17.7 Å². The van der Waals surface area contributed by atoms with Gasteiger partial charge in [-0.2, -0.15) is 0 Å². The van der Waals surface area contributed by atoms with Gasteiger partial charge in [-0.15, -0.1) is 6.58 Å². The van der Waals surface area contributed by atoms with Crippen molar-refractivity contribution in [2.24, 2.45) is 0 Å². The lowest BCUT2D eigenvalue weighted by molar-refractivity contribution is 0.0911. The molecule has 0 saturated carbocycles. The number of hydrogen-bond acceptors (Lipinski definition) is 9. The topological polar surface area (TPSA) is 69.2 Å². The van der Waals surface area contributed by atoms with E-state index in [4.69, 9.17) is 9.57 Å². The molecule has 43 heavy (non-hydrogen) atoms. The van der Waals surface area contributed by atoms with Crippen molar-refractivity contribution in [2.45, 2.75) is 31.3 Å². The first-order valence-electron chi connectivity index (χ1n) is 15.0. The molecular weight excluding hydrogens is 552 g/mol. The first-order valence-corrected chi connectivity index (χ1v) is 15.0. The molecule has 3 aromatic rings. The average molecular weight is 592 g/mol. The van der Waals surface area contributed by atoms with Crippen LogP contribution in [-0.2, 0) is 4.84 Å². The summed E-state index contributed by atoms with van der Waals surface area (Å²) in [5.41, 5.74) is 2.13.